The average Bonchev–Trinajstić information content (AvgIpc) is 2.95. The monoisotopic (exact) mass is 276 g/mol. The number of fused-ring (bicyclic) bond motifs is 2. The Balaban J connectivity index is 1.53. The zero-order chi connectivity index (χ0) is 13.9. The van der Waals surface area contributed by atoms with Gasteiger partial charge in [-0.1, -0.05) is 6.92 Å². The van der Waals surface area contributed by atoms with Crippen LogP contribution in [0.15, 0.2) is 12.4 Å². The van der Waals surface area contributed by atoms with Crippen LogP contribution in [-0.2, 0) is 13.5 Å². The van der Waals surface area contributed by atoms with Gasteiger partial charge in [0.2, 0.25) is 0 Å². The lowest BCUT2D eigenvalue weighted by Gasteiger charge is -2.39. The maximum atomic E-state index is 4.45. The molecule has 2 fully saturated rings. The molecule has 4 nitrogen and oxygen atoms in total. The molecule has 0 radical (unpaired) electrons. The second-order valence-electron chi connectivity index (χ2n) is 6.45. The van der Waals surface area contributed by atoms with Gasteiger partial charge in [0.15, 0.2) is 0 Å². The lowest BCUT2D eigenvalue weighted by molar-refractivity contribution is 0.117. The Kier molecular flexibility index (Phi) is 4.41. The largest absolute Gasteiger partial charge is 0.338 e. The third-order valence-corrected chi connectivity index (χ3v) is 5.08. The van der Waals surface area contributed by atoms with Crippen molar-refractivity contribution >= 4 is 0 Å². The molecule has 0 aromatic carbocycles. The predicted molar refractivity (Wildman–Crippen MR) is 81.7 cm³/mol. The van der Waals surface area contributed by atoms with Crippen LogP contribution in [0.3, 0.4) is 0 Å². The summed E-state index contributed by atoms with van der Waals surface area (Å²) in [5, 5.41) is 3.73. The Hall–Kier alpha value is -0.870. The van der Waals surface area contributed by atoms with Gasteiger partial charge in [-0.3, -0.25) is 4.90 Å². The molecule has 2 saturated heterocycles. The summed E-state index contributed by atoms with van der Waals surface area (Å²) >= 11 is 0. The first-order valence-electron chi connectivity index (χ1n) is 8.23. The Bertz CT molecular complexity index is 414. The first kappa shape index (κ1) is 14.1. The normalized spacial score (nSPS) is 30.0. The number of aromatic nitrogens is 2. The van der Waals surface area contributed by atoms with Gasteiger partial charge in [-0.25, -0.2) is 4.98 Å². The molecule has 2 aliphatic heterocycles. The van der Waals surface area contributed by atoms with Crippen molar-refractivity contribution in [2.24, 2.45) is 7.05 Å². The van der Waals surface area contributed by atoms with Crippen molar-refractivity contribution in [1.82, 2.24) is 19.8 Å². The molecule has 1 N–H and O–H groups in total. The summed E-state index contributed by atoms with van der Waals surface area (Å²) in [6, 6.07) is 2.38. The van der Waals surface area contributed by atoms with Gasteiger partial charge in [0.1, 0.15) is 5.82 Å². The third kappa shape index (κ3) is 2.91. The van der Waals surface area contributed by atoms with E-state index in [1.54, 1.807) is 0 Å². The molecule has 2 bridgehead atoms. The van der Waals surface area contributed by atoms with Gasteiger partial charge in [-0.2, -0.15) is 0 Å². The molecule has 0 amide bonds. The lowest BCUT2D eigenvalue weighted by Crippen LogP contribution is -2.49. The number of imidazole rings is 1. The fraction of sp³-hybridized carbons (Fsp3) is 0.812. The molecule has 0 spiro atoms. The highest BCUT2D eigenvalue weighted by molar-refractivity contribution is 4.99. The number of nitrogens with zero attached hydrogens (tertiary/aromatic N) is 3. The molecule has 2 atom stereocenters. The summed E-state index contributed by atoms with van der Waals surface area (Å²) in [7, 11) is 2.10. The van der Waals surface area contributed by atoms with Crippen LogP contribution in [0.2, 0.25) is 0 Å². The SMILES string of the molecule is CCCNC1CC2CCC(C1)N2CCc1nccn1C. The molecule has 4 heteroatoms. The van der Waals surface area contributed by atoms with E-state index in [1.165, 1.54) is 51.0 Å². The molecule has 0 aliphatic carbocycles. The van der Waals surface area contributed by atoms with E-state index in [2.05, 4.69) is 33.7 Å². The first-order chi connectivity index (χ1) is 9.78. The molecular weight excluding hydrogens is 248 g/mol. The molecule has 0 saturated carbocycles. The minimum absolute atomic E-state index is 0.761. The Morgan fingerprint density at radius 3 is 2.65 bits per heavy atom. The van der Waals surface area contributed by atoms with Crippen LogP contribution in [0, 0.1) is 0 Å². The van der Waals surface area contributed by atoms with Gasteiger partial charge in [-0.15, -0.1) is 0 Å². The number of aryl methyl sites for hydroxylation is 1. The van der Waals surface area contributed by atoms with Gasteiger partial charge >= 0.3 is 0 Å². The van der Waals surface area contributed by atoms with Gasteiger partial charge in [0, 0.05) is 50.5 Å². The van der Waals surface area contributed by atoms with Crippen LogP contribution in [0.25, 0.3) is 0 Å². The predicted octanol–water partition coefficient (Wildman–Crippen LogP) is 1.96. The van der Waals surface area contributed by atoms with Gasteiger partial charge < -0.3 is 9.88 Å². The molecular formula is C16H28N4. The van der Waals surface area contributed by atoms with E-state index in [0.29, 0.717) is 0 Å². The molecule has 2 unspecified atom stereocenters. The zero-order valence-electron chi connectivity index (χ0n) is 12.9. The van der Waals surface area contributed by atoms with E-state index in [1.807, 2.05) is 12.4 Å². The topological polar surface area (TPSA) is 33.1 Å². The van der Waals surface area contributed by atoms with Crippen LogP contribution < -0.4 is 5.32 Å². The van der Waals surface area contributed by atoms with E-state index >= 15 is 0 Å². The number of hydrogen-bond donors (Lipinski definition) is 1. The summed E-state index contributed by atoms with van der Waals surface area (Å²) < 4.78 is 2.15. The minimum atomic E-state index is 0.761. The van der Waals surface area contributed by atoms with Crippen molar-refractivity contribution in [3.05, 3.63) is 18.2 Å². The van der Waals surface area contributed by atoms with Crippen molar-refractivity contribution in [3.63, 3.8) is 0 Å². The zero-order valence-corrected chi connectivity index (χ0v) is 12.9. The van der Waals surface area contributed by atoms with Gasteiger partial charge in [0.25, 0.3) is 0 Å². The van der Waals surface area contributed by atoms with E-state index < -0.39 is 0 Å². The van der Waals surface area contributed by atoms with E-state index in [4.69, 9.17) is 0 Å². The molecule has 3 heterocycles. The maximum absolute atomic E-state index is 4.45. The van der Waals surface area contributed by atoms with E-state index in [0.717, 1.165) is 24.5 Å². The van der Waals surface area contributed by atoms with Gasteiger partial charge in [0.05, 0.1) is 0 Å². The van der Waals surface area contributed by atoms with Crippen LogP contribution in [-0.4, -0.2) is 45.7 Å². The molecule has 1 aromatic rings. The van der Waals surface area contributed by atoms with Crippen molar-refractivity contribution in [3.8, 4) is 0 Å². The Morgan fingerprint density at radius 2 is 2.05 bits per heavy atom. The minimum Gasteiger partial charge on any atom is -0.338 e. The fourth-order valence-electron chi connectivity index (χ4n) is 4.02. The highest BCUT2D eigenvalue weighted by atomic mass is 15.2. The van der Waals surface area contributed by atoms with E-state index in [-0.39, 0.29) is 0 Å². The average molecular weight is 276 g/mol. The van der Waals surface area contributed by atoms with Gasteiger partial charge in [-0.05, 0) is 38.6 Å². The highest BCUT2D eigenvalue weighted by Crippen LogP contribution is 2.35. The fourth-order valence-corrected chi connectivity index (χ4v) is 4.02. The summed E-state index contributed by atoms with van der Waals surface area (Å²) in [5.74, 6) is 1.22. The lowest BCUT2D eigenvalue weighted by atomic mass is 9.97. The molecule has 112 valence electrons. The summed E-state index contributed by atoms with van der Waals surface area (Å²) in [4.78, 5) is 7.21. The van der Waals surface area contributed by atoms with Crippen LogP contribution in [0.5, 0.6) is 0 Å². The highest BCUT2D eigenvalue weighted by Gasteiger charge is 2.39. The molecule has 2 aliphatic rings. The summed E-state index contributed by atoms with van der Waals surface area (Å²) in [6.07, 6.45) is 11.8. The van der Waals surface area contributed by atoms with Crippen LogP contribution >= 0.6 is 0 Å². The van der Waals surface area contributed by atoms with E-state index in [9.17, 15) is 0 Å². The van der Waals surface area contributed by atoms with Crippen LogP contribution in [0.1, 0.15) is 44.9 Å². The summed E-state index contributed by atoms with van der Waals surface area (Å²) in [6.45, 7) is 4.61. The van der Waals surface area contributed by atoms with Crippen molar-refractivity contribution in [2.75, 3.05) is 13.1 Å². The molecule has 20 heavy (non-hydrogen) atoms. The number of piperidine rings is 1. The van der Waals surface area contributed by atoms with Crippen LogP contribution in [0.4, 0.5) is 0 Å². The standard InChI is InChI=1S/C16H28N4/c1-3-7-17-13-11-14-4-5-15(12-13)20(14)9-6-16-18-8-10-19(16)2/h8,10,13-15,17H,3-7,9,11-12H2,1-2H3. The second-order valence-corrected chi connectivity index (χ2v) is 6.45. The molecule has 3 rings (SSSR count). The van der Waals surface area contributed by atoms with Crippen molar-refractivity contribution < 1.29 is 0 Å². The first-order valence-corrected chi connectivity index (χ1v) is 8.23. The molecule has 1 aromatic heterocycles. The third-order valence-electron chi connectivity index (χ3n) is 5.08. The smallest absolute Gasteiger partial charge is 0.109 e. The maximum Gasteiger partial charge on any atom is 0.109 e. The second kappa shape index (κ2) is 6.27. The Morgan fingerprint density at radius 1 is 1.30 bits per heavy atom. The number of rotatable bonds is 6. The van der Waals surface area contributed by atoms with Crippen molar-refractivity contribution in [2.45, 2.75) is 63.6 Å². The Labute approximate surface area is 122 Å². The summed E-state index contributed by atoms with van der Waals surface area (Å²) in [5.41, 5.74) is 0. The quantitative estimate of drug-likeness (QED) is 0.862. The van der Waals surface area contributed by atoms with Crippen molar-refractivity contribution in [1.29, 1.82) is 0 Å². The number of hydrogen-bond acceptors (Lipinski definition) is 3. The number of nitrogens with one attached hydrogen (secondary N) is 1.